The van der Waals surface area contributed by atoms with Crippen molar-refractivity contribution in [2.45, 2.75) is 27.2 Å². The van der Waals surface area contributed by atoms with Crippen molar-refractivity contribution >= 4 is 17.6 Å². The van der Waals surface area contributed by atoms with E-state index in [9.17, 15) is 9.59 Å². The molecule has 0 fully saturated rings. The summed E-state index contributed by atoms with van der Waals surface area (Å²) in [6, 6.07) is 7.33. The number of benzene rings is 1. The van der Waals surface area contributed by atoms with Crippen LogP contribution in [0.2, 0.25) is 0 Å². The third-order valence-corrected chi connectivity index (χ3v) is 2.85. The molecule has 4 heteroatoms. The molecule has 1 aromatic rings. The zero-order valence-electron chi connectivity index (χ0n) is 12.2. The molecule has 0 saturated carbocycles. The second-order valence-electron chi connectivity index (χ2n) is 5.53. The van der Waals surface area contributed by atoms with Crippen LogP contribution in [0.1, 0.15) is 26.3 Å². The van der Waals surface area contributed by atoms with Gasteiger partial charge in [0.05, 0.1) is 13.5 Å². The Labute approximate surface area is 114 Å². The second-order valence-corrected chi connectivity index (χ2v) is 5.53. The minimum atomic E-state index is -0.417. The molecule has 4 nitrogen and oxygen atoms in total. The van der Waals surface area contributed by atoms with E-state index >= 15 is 0 Å². The van der Waals surface area contributed by atoms with Crippen LogP contribution >= 0.6 is 0 Å². The lowest BCUT2D eigenvalue weighted by Gasteiger charge is -2.26. The summed E-state index contributed by atoms with van der Waals surface area (Å²) in [5.74, 6) is -0.222. The van der Waals surface area contributed by atoms with E-state index in [-0.39, 0.29) is 18.3 Å². The molecule has 0 radical (unpaired) electrons. The summed E-state index contributed by atoms with van der Waals surface area (Å²) in [6.45, 7) is 5.66. The normalized spacial score (nSPS) is 11.0. The molecule has 0 bridgehead atoms. The van der Waals surface area contributed by atoms with Gasteiger partial charge in [-0.15, -0.1) is 0 Å². The number of hydrogen-bond acceptors (Lipinski definition) is 3. The lowest BCUT2D eigenvalue weighted by molar-refractivity contribution is -0.139. The van der Waals surface area contributed by atoms with Gasteiger partial charge in [0.1, 0.15) is 0 Å². The van der Waals surface area contributed by atoms with Crippen molar-refractivity contribution in [1.29, 1.82) is 0 Å². The highest BCUT2D eigenvalue weighted by molar-refractivity contribution is 5.96. The van der Waals surface area contributed by atoms with Crippen LogP contribution in [0.4, 0.5) is 5.69 Å². The molecule has 104 valence electrons. The number of amides is 1. The van der Waals surface area contributed by atoms with Crippen molar-refractivity contribution in [1.82, 2.24) is 0 Å². The summed E-state index contributed by atoms with van der Waals surface area (Å²) in [5, 5.41) is 0. The third kappa shape index (κ3) is 4.09. The average Bonchev–Trinajstić information content (AvgIpc) is 2.36. The highest BCUT2D eigenvalue weighted by atomic mass is 16.5. The topological polar surface area (TPSA) is 46.6 Å². The van der Waals surface area contributed by atoms with Gasteiger partial charge in [0, 0.05) is 18.2 Å². The van der Waals surface area contributed by atoms with Crippen LogP contribution in [-0.2, 0) is 20.7 Å². The van der Waals surface area contributed by atoms with Crippen molar-refractivity contribution in [3.8, 4) is 0 Å². The highest BCUT2D eigenvalue weighted by Crippen LogP contribution is 2.22. The summed E-state index contributed by atoms with van der Waals surface area (Å²) in [6.07, 6.45) is 0.244. The molecule has 0 N–H and O–H groups in total. The largest absolute Gasteiger partial charge is 0.469 e. The number of hydrogen-bond donors (Lipinski definition) is 0. The van der Waals surface area contributed by atoms with Gasteiger partial charge in [0.25, 0.3) is 0 Å². The lowest BCUT2D eigenvalue weighted by Crippen LogP contribution is -2.36. The number of nitrogens with zero attached hydrogens (tertiary/aromatic N) is 1. The molecule has 0 aliphatic carbocycles. The number of esters is 1. The molecule has 0 aliphatic heterocycles. The van der Waals surface area contributed by atoms with Crippen LogP contribution in [0.25, 0.3) is 0 Å². The monoisotopic (exact) mass is 263 g/mol. The number of methoxy groups -OCH3 is 1. The van der Waals surface area contributed by atoms with Crippen molar-refractivity contribution in [3.63, 3.8) is 0 Å². The second kappa shape index (κ2) is 5.87. The van der Waals surface area contributed by atoms with Gasteiger partial charge in [-0.05, 0) is 17.7 Å². The maximum atomic E-state index is 12.1. The Morgan fingerprint density at radius 1 is 1.16 bits per heavy atom. The van der Waals surface area contributed by atoms with Gasteiger partial charge in [-0.25, -0.2) is 0 Å². The summed E-state index contributed by atoms with van der Waals surface area (Å²) in [4.78, 5) is 24.9. The Balaban J connectivity index is 2.81. The predicted molar refractivity (Wildman–Crippen MR) is 75.0 cm³/mol. The lowest BCUT2D eigenvalue weighted by atomic mass is 9.94. The molecule has 19 heavy (non-hydrogen) atoms. The maximum absolute atomic E-state index is 12.1. The molecule has 0 heterocycles. The summed E-state index contributed by atoms with van der Waals surface area (Å²) in [7, 11) is 3.12. The fourth-order valence-corrected chi connectivity index (χ4v) is 1.70. The fourth-order valence-electron chi connectivity index (χ4n) is 1.70. The van der Waals surface area contributed by atoms with Crippen molar-refractivity contribution in [3.05, 3.63) is 29.8 Å². The van der Waals surface area contributed by atoms with Gasteiger partial charge < -0.3 is 9.64 Å². The molecule has 0 unspecified atom stereocenters. The van der Waals surface area contributed by atoms with Crippen LogP contribution in [0.5, 0.6) is 0 Å². The first-order chi connectivity index (χ1) is 8.75. The van der Waals surface area contributed by atoms with E-state index in [0.29, 0.717) is 0 Å². The van der Waals surface area contributed by atoms with E-state index in [1.807, 2.05) is 45.0 Å². The first-order valence-corrected chi connectivity index (χ1v) is 6.19. The van der Waals surface area contributed by atoms with Crippen molar-refractivity contribution in [2.75, 3.05) is 19.1 Å². The van der Waals surface area contributed by atoms with Gasteiger partial charge in [0.15, 0.2) is 0 Å². The van der Waals surface area contributed by atoms with Crippen LogP contribution in [0.3, 0.4) is 0 Å². The molecule has 0 aromatic heterocycles. The summed E-state index contributed by atoms with van der Waals surface area (Å²) in [5.41, 5.74) is 1.26. The van der Waals surface area contributed by atoms with Crippen molar-refractivity contribution < 1.29 is 14.3 Å². The standard InChI is InChI=1S/C15H21NO3/c1-15(2,3)14(18)16(4)12-8-6-11(7-9-12)10-13(17)19-5/h6-9H,10H2,1-5H3. The summed E-state index contributed by atoms with van der Waals surface area (Å²) < 4.78 is 4.61. The van der Waals surface area contributed by atoms with Crippen LogP contribution in [0, 0.1) is 5.41 Å². The van der Waals surface area contributed by atoms with Crippen LogP contribution in [-0.4, -0.2) is 26.0 Å². The number of ether oxygens (including phenoxy) is 1. The van der Waals surface area contributed by atoms with Gasteiger partial charge in [-0.2, -0.15) is 0 Å². The smallest absolute Gasteiger partial charge is 0.309 e. The first-order valence-electron chi connectivity index (χ1n) is 6.19. The Morgan fingerprint density at radius 2 is 1.68 bits per heavy atom. The maximum Gasteiger partial charge on any atom is 0.309 e. The molecule has 0 spiro atoms. The average molecular weight is 263 g/mol. The molecular weight excluding hydrogens is 242 g/mol. The van der Waals surface area contributed by atoms with Crippen LogP contribution < -0.4 is 4.90 Å². The third-order valence-electron chi connectivity index (χ3n) is 2.85. The zero-order chi connectivity index (χ0) is 14.6. The van der Waals surface area contributed by atoms with Gasteiger partial charge in [-0.3, -0.25) is 9.59 Å². The summed E-state index contributed by atoms with van der Waals surface area (Å²) >= 11 is 0. The van der Waals surface area contributed by atoms with E-state index in [2.05, 4.69) is 4.74 Å². The molecule has 1 rings (SSSR count). The number of rotatable bonds is 3. The van der Waals surface area contributed by atoms with E-state index in [0.717, 1.165) is 11.3 Å². The number of anilines is 1. The fraction of sp³-hybridized carbons (Fsp3) is 0.467. The van der Waals surface area contributed by atoms with E-state index in [4.69, 9.17) is 0 Å². The Kier molecular flexibility index (Phi) is 4.70. The molecule has 0 atom stereocenters. The SMILES string of the molecule is COC(=O)Cc1ccc(N(C)C(=O)C(C)(C)C)cc1. The van der Waals surface area contributed by atoms with Crippen molar-refractivity contribution in [2.24, 2.45) is 5.41 Å². The molecule has 0 saturated heterocycles. The Hall–Kier alpha value is -1.84. The van der Waals surface area contributed by atoms with Crippen LogP contribution in [0.15, 0.2) is 24.3 Å². The number of carbonyl (C=O) groups excluding carboxylic acids is 2. The van der Waals surface area contributed by atoms with Gasteiger partial charge in [-0.1, -0.05) is 32.9 Å². The molecule has 1 aromatic carbocycles. The van der Waals surface area contributed by atoms with Gasteiger partial charge >= 0.3 is 5.97 Å². The zero-order valence-corrected chi connectivity index (χ0v) is 12.2. The molecule has 0 aliphatic rings. The van der Waals surface area contributed by atoms with Gasteiger partial charge in [0.2, 0.25) is 5.91 Å². The molecular formula is C15H21NO3. The van der Waals surface area contributed by atoms with E-state index < -0.39 is 5.41 Å². The quantitative estimate of drug-likeness (QED) is 0.787. The Morgan fingerprint density at radius 3 is 2.11 bits per heavy atom. The van der Waals surface area contributed by atoms with E-state index in [1.54, 1.807) is 11.9 Å². The Bertz CT molecular complexity index is 457. The minimum Gasteiger partial charge on any atom is -0.469 e. The molecule has 1 amide bonds. The highest BCUT2D eigenvalue weighted by Gasteiger charge is 2.25. The minimum absolute atomic E-state index is 0.0493. The first kappa shape index (κ1) is 15.2. The predicted octanol–water partition coefficient (Wildman–Crippen LogP) is 2.41. The van der Waals surface area contributed by atoms with E-state index in [1.165, 1.54) is 7.11 Å². The number of carbonyl (C=O) groups is 2.